The summed E-state index contributed by atoms with van der Waals surface area (Å²) >= 11 is 5.98. The van der Waals surface area contributed by atoms with Crippen molar-refractivity contribution in [3.63, 3.8) is 0 Å². The molecular formula is C20H32ClFN2O3S. The van der Waals surface area contributed by atoms with Crippen LogP contribution in [0.15, 0.2) is 17.0 Å². The van der Waals surface area contributed by atoms with Crippen molar-refractivity contribution in [2.75, 3.05) is 25.1 Å². The Morgan fingerprint density at radius 2 is 1.68 bits per heavy atom. The molecule has 1 heterocycles. The van der Waals surface area contributed by atoms with Gasteiger partial charge in [0.25, 0.3) is 0 Å². The third kappa shape index (κ3) is 8.23. The Morgan fingerprint density at radius 3 is 2.29 bits per heavy atom. The number of primary sulfonamides is 1. The first-order valence-electron chi connectivity index (χ1n) is 10.2. The molecule has 0 aromatic heterocycles. The maximum atomic E-state index is 14.1. The van der Waals surface area contributed by atoms with Crippen molar-refractivity contribution in [2.24, 2.45) is 11.1 Å². The fraction of sp³-hybridized carbons (Fsp3) is 0.700. The average Bonchev–Trinajstić information content (AvgIpc) is 2.65. The Kier molecular flexibility index (Phi) is 9.99. The first-order valence-corrected chi connectivity index (χ1v) is 12.1. The fourth-order valence-corrected chi connectivity index (χ4v) is 4.46. The van der Waals surface area contributed by atoms with Crippen LogP contribution in [0.3, 0.4) is 0 Å². The largest absolute Gasteiger partial charge is 0.381 e. The normalized spacial score (nSPS) is 15.7. The predicted octanol–water partition coefficient (Wildman–Crippen LogP) is 5.09. The summed E-state index contributed by atoms with van der Waals surface area (Å²) < 4.78 is 42.0. The van der Waals surface area contributed by atoms with E-state index in [9.17, 15) is 12.8 Å². The van der Waals surface area contributed by atoms with E-state index in [0.29, 0.717) is 6.54 Å². The first kappa shape index (κ1) is 23.4. The summed E-state index contributed by atoms with van der Waals surface area (Å²) in [6.45, 7) is 2.46. The van der Waals surface area contributed by atoms with Crippen molar-refractivity contribution in [1.82, 2.24) is 0 Å². The van der Waals surface area contributed by atoms with Crippen molar-refractivity contribution >= 4 is 27.3 Å². The number of hydrogen-bond donors (Lipinski definition) is 2. The van der Waals surface area contributed by atoms with Crippen LogP contribution in [-0.4, -0.2) is 28.2 Å². The SMILES string of the molecule is NS(=O)(=O)c1cc(F)c(NCCCCCCCCCC2CCOCC2)c(Cl)c1. The maximum absolute atomic E-state index is 14.1. The summed E-state index contributed by atoms with van der Waals surface area (Å²) in [5.74, 6) is 0.159. The predicted molar refractivity (Wildman–Crippen MR) is 112 cm³/mol. The highest BCUT2D eigenvalue weighted by molar-refractivity contribution is 7.89. The fourth-order valence-electron chi connectivity index (χ4n) is 3.57. The van der Waals surface area contributed by atoms with E-state index in [2.05, 4.69) is 5.32 Å². The molecule has 160 valence electrons. The number of unbranched alkanes of at least 4 members (excludes halogenated alkanes) is 6. The summed E-state index contributed by atoms with van der Waals surface area (Å²) in [5, 5.41) is 7.98. The summed E-state index contributed by atoms with van der Waals surface area (Å²) in [6.07, 6.45) is 12.0. The number of rotatable bonds is 12. The zero-order chi connectivity index (χ0) is 20.4. The summed E-state index contributed by atoms with van der Waals surface area (Å²) in [4.78, 5) is -0.322. The summed E-state index contributed by atoms with van der Waals surface area (Å²) in [6, 6.07) is 2.06. The lowest BCUT2D eigenvalue weighted by molar-refractivity contribution is 0.0631. The van der Waals surface area contributed by atoms with E-state index >= 15 is 0 Å². The standard InChI is InChI=1S/C20H32ClFN2O3S/c21-18-14-17(28(23,25)26)15-19(22)20(18)24-11-7-5-3-1-2-4-6-8-16-9-12-27-13-10-16/h14-16,24H,1-13H2,(H2,23,25,26). The smallest absolute Gasteiger partial charge is 0.238 e. The van der Waals surface area contributed by atoms with Gasteiger partial charge in [0.05, 0.1) is 15.6 Å². The van der Waals surface area contributed by atoms with Gasteiger partial charge in [-0.25, -0.2) is 17.9 Å². The van der Waals surface area contributed by atoms with Gasteiger partial charge < -0.3 is 10.1 Å². The lowest BCUT2D eigenvalue weighted by Gasteiger charge is -2.21. The van der Waals surface area contributed by atoms with Crippen LogP contribution in [0.4, 0.5) is 10.1 Å². The molecule has 1 fully saturated rings. The molecule has 1 saturated heterocycles. The highest BCUT2D eigenvalue weighted by Crippen LogP contribution is 2.28. The second-order valence-corrected chi connectivity index (χ2v) is 9.52. The molecule has 0 aliphatic carbocycles. The summed E-state index contributed by atoms with van der Waals surface area (Å²) in [5.41, 5.74) is 0.127. The molecule has 5 nitrogen and oxygen atoms in total. The second-order valence-electron chi connectivity index (χ2n) is 7.55. The molecule has 2 rings (SSSR count). The van der Waals surface area contributed by atoms with E-state index in [1.165, 1.54) is 57.4 Å². The van der Waals surface area contributed by atoms with Crippen molar-refractivity contribution < 1.29 is 17.5 Å². The molecule has 0 unspecified atom stereocenters. The lowest BCUT2D eigenvalue weighted by atomic mass is 9.93. The number of nitrogens with two attached hydrogens (primary N) is 1. The Morgan fingerprint density at radius 1 is 1.07 bits per heavy atom. The highest BCUT2D eigenvalue weighted by atomic mass is 35.5. The number of hydrogen-bond acceptors (Lipinski definition) is 4. The van der Waals surface area contributed by atoms with Crippen LogP contribution in [0, 0.1) is 11.7 Å². The zero-order valence-corrected chi connectivity index (χ0v) is 18.0. The highest BCUT2D eigenvalue weighted by Gasteiger charge is 2.15. The number of anilines is 1. The van der Waals surface area contributed by atoms with Crippen LogP contribution < -0.4 is 10.5 Å². The molecular weight excluding hydrogens is 403 g/mol. The maximum Gasteiger partial charge on any atom is 0.238 e. The molecule has 0 amide bonds. The van der Waals surface area contributed by atoms with Gasteiger partial charge in [-0.1, -0.05) is 56.5 Å². The molecule has 1 aliphatic rings. The van der Waals surface area contributed by atoms with Gasteiger partial charge in [0, 0.05) is 19.8 Å². The number of ether oxygens (including phenoxy) is 1. The molecule has 0 saturated carbocycles. The van der Waals surface area contributed by atoms with Crippen LogP contribution in [0.25, 0.3) is 0 Å². The molecule has 0 spiro atoms. The summed E-state index contributed by atoms with van der Waals surface area (Å²) in [7, 11) is -3.97. The first-order chi connectivity index (χ1) is 13.4. The minimum Gasteiger partial charge on any atom is -0.381 e. The monoisotopic (exact) mass is 434 g/mol. The van der Waals surface area contributed by atoms with E-state index in [4.69, 9.17) is 21.5 Å². The zero-order valence-electron chi connectivity index (χ0n) is 16.4. The van der Waals surface area contributed by atoms with Crippen molar-refractivity contribution in [3.05, 3.63) is 23.0 Å². The van der Waals surface area contributed by atoms with E-state index in [0.717, 1.165) is 38.0 Å². The number of sulfonamides is 1. The van der Waals surface area contributed by atoms with Crippen molar-refractivity contribution in [3.8, 4) is 0 Å². The number of benzene rings is 1. The Hall–Kier alpha value is -0.890. The number of nitrogens with one attached hydrogen (secondary N) is 1. The Bertz CT molecular complexity index is 686. The van der Waals surface area contributed by atoms with Gasteiger partial charge in [0.1, 0.15) is 5.82 Å². The lowest BCUT2D eigenvalue weighted by Crippen LogP contribution is -2.15. The van der Waals surface area contributed by atoms with Crippen molar-refractivity contribution in [2.45, 2.75) is 69.1 Å². The molecule has 0 atom stereocenters. The van der Waals surface area contributed by atoms with Crippen LogP contribution in [0.2, 0.25) is 5.02 Å². The van der Waals surface area contributed by atoms with Gasteiger partial charge in [-0.3, -0.25) is 0 Å². The van der Waals surface area contributed by atoms with E-state index in [-0.39, 0.29) is 15.6 Å². The third-order valence-electron chi connectivity index (χ3n) is 5.28. The molecule has 1 aromatic rings. The topological polar surface area (TPSA) is 81.4 Å². The quantitative estimate of drug-likeness (QED) is 0.449. The van der Waals surface area contributed by atoms with Crippen LogP contribution in [0.5, 0.6) is 0 Å². The third-order valence-corrected chi connectivity index (χ3v) is 6.47. The van der Waals surface area contributed by atoms with Gasteiger partial charge >= 0.3 is 0 Å². The van der Waals surface area contributed by atoms with Crippen LogP contribution in [-0.2, 0) is 14.8 Å². The van der Waals surface area contributed by atoms with Crippen LogP contribution in [0.1, 0.15) is 64.2 Å². The molecule has 0 radical (unpaired) electrons. The van der Waals surface area contributed by atoms with Crippen molar-refractivity contribution in [1.29, 1.82) is 0 Å². The van der Waals surface area contributed by atoms with Gasteiger partial charge in [0.15, 0.2) is 0 Å². The molecule has 1 aromatic carbocycles. The van der Waals surface area contributed by atoms with Gasteiger partial charge in [-0.2, -0.15) is 0 Å². The molecule has 28 heavy (non-hydrogen) atoms. The Labute approximate surface area is 173 Å². The van der Waals surface area contributed by atoms with Gasteiger partial charge in [0.2, 0.25) is 10.0 Å². The van der Waals surface area contributed by atoms with E-state index < -0.39 is 15.8 Å². The van der Waals surface area contributed by atoms with Crippen LogP contribution >= 0.6 is 11.6 Å². The molecule has 1 aliphatic heterocycles. The number of halogens is 2. The Balaban J connectivity index is 1.53. The van der Waals surface area contributed by atoms with E-state index in [1.807, 2.05) is 0 Å². The molecule has 0 bridgehead atoms. The minimum absolute atomic E-state index is 0.0218. The average molecular weight is 435 g/mol. The van der Waals surface area contributed by atoms with E-state index in [1.54, 1.807) is 0 Å². The molecule has 8 heteroatoms. The van der Waals surface area contributed by atoms with Gasteiger partial charge in [-0.15, -0.1) is 0 Å². The second kappa shape index (κ2) is 12.0. The van der Waals surface area contributed by atoms with Gasteiger partial charge in [-0.05, 0) is 37.3 Å². The minimum atomic E-state index is -3.97. The molecule has 3 N–H and O–H groups in total.